The van der Waals surface area contributed by atoms with Gasteiger partial charge in [-0.2, -0.15) is 4.91 Å². The largest absolute Gasteiger partial charge is 0.496 e. The highest BCUT2D eigenvalue weighted by Crippen LogP contribution is 2.43. The smallest absolute Gasteiger partial charge is 0.248 e. The van der Waals surface area contributed by atoms with Gasteiger partial charge in [-0.05, 0) is 28.8 Å². The Morgan fingerprint density at radius 1 is 1.35 bits per heavy atom. The molecule has 0 aromatic carbocycles. The lowest BCUT2D eigenvalue weighted by Crippen LogP contribution is -2.34. The Labute approximate surface area is 125 Å². The van der Waals surface area contributed by atoms with Crippen LogP contribution in [0.3, 0.4) is 0 Å². The van der Waals surface area contributed by atoms with Crippen LogP contribution >= 0.6 is 15.9 Å². The van der Waals surface area contributed by atoms with Crippen LogP contribution in [0.15, 0.2) is 15.4 Å². The quantitative estimate of drug-likeness (QED) is 0.298. The number of allylic oxidation sites excluding steroid dienone is 1. The average Bonchev–Trinajstić information content (AvgIpc) is 2.42. The standard InChI is InChI=1S/C13H18BrF2NO3/c1-12(3-5-13(15,16)6-4-12)9-20-11(2-7-17-19)10(14)8-18/h8H,2-7,9H2,1H3. The average molecular weight is 354 g/mol. The van der Waals surface area contributed by atoms with E-state index in [2.05, 4.69) is 21.1 Å². The Bertz CT molecular complexity index is 389. The van der Waals surface area contributed by atoms with Gasteiger partial charge >= 0.3 is 0 Å². The second-order valence-corrected chi connectivity index (χ2v) is 6.30. The van der Waals surface area contributed by atoms with Crippen molar-refractivity contribution < 1.29 is 18.3 Å². The molecule has 0 N–H and O–H groups in total. The van der Waals surface area contributed by atoms with Crippen LogP contribution in [0.5, 0.6) is 0 Å². The van der Waals surface area contributed by atoms with Crippen molar-refractivity contribution in [2.75, 3.05) is 13.2 Å². The van der Waals surface area contributed by atoms with Crippen LogP contribution in [0.2, 0.25) is 0 Å². The Hall–Kier alpha value is -0.850. The van der Waals surface area contributed by atoms with Gasteiger partial charge in [-0.25, -0.2) is 8.78 Å². The first kappa shape index (κ1) is 17.2. The Morgan fingerprint density at radius 3 is 2.45 bits per heavy atom. The summed E-state index contributed by atoms with van der Waals surface area (Å²) in [4.78, 5) is 20.9. The third kappa shape index (κ3) is 5.26. The predicted octanol–water partition coefficient (Wildman–Crippen LogP) is 4.18. The van der Waals surface area contributed by atoms with Crippen LogP contribution in [0.25, 0.3) is 0 Å². The van der Waals surface area contributed by atoms with Crippen molar-refractivity contribution in [3.05, 3.63) is 15.1 Å². The van der Waals surface area contributed by atoms with Gasteiger partial charge < -0.3 is 4.74 Å². The van der Waals surface area contributed by atoms with Gasteiger partial charge in [0.2, 0.25) is 5.92 Å². The van der Waals surface area contributed by atoms with E-state index >= 15 is 0 Å². The van der Waals surface area contributed by atoms with Gasteiger partial charge in [0.25, 0.3) is 0 Å². The van der Waals surface area contributed by atoms with Crippen LogP contribution in [-0.4, -0.2) is 25.4 Å². The van der Waals surface area contributed by atoms with E-state index in [9.17, 15) is 18.5 Å². The van der Waals surface area contributed by atoms with Crippen molar-refractivity contribution in [1.29, 1.82) is 0 Å². The molecule has 1 aliphatic rings. The van der Waals surface area contributed by atoms with Gasteiger partial charge in [0.1, 0.15) is 5.76 Å². The van der Waals surface area contributed by atoms with Crippen LogP contribution in [0.4, 0.5) is 8.78 Å². The molecule has 20 heavy (non-hydrogen) atoms. The first-order valence-corrected chi connectivity index (χ1v) is 7.25. The molecule has 4 nitrogen and oxygen atoms in total. The lowest BCUT2D eigenvalue weighted by atomic mass is 9.75. The van der Waals surface area contributed by atoms with Crippen molar-refractivity contribution in [2.45, 2.75) is 45.0 Å². The second kappa shape index (κ2) is 7.24. The summed E-state index contributed by atoms with van der Waals surface area (Å²) in [6.07, 6.45) is 1.26. The molecule has 0 bridgehead atoms. The summed E-state index contributed by atoms with van der Waals surface area (Å²) in [6.45, 7) is 2.15. The van der Waals surface area contributed by atoms with Crippen molar-refractivity contribution in [1.82, 2.24) is 0 Å². The summed E-state index contributed by atoms with van der Waals surface area (Å²) in [5.41, 5.74) is -0.336. The molecule has 7 heteroatoms. The van der Waals surface area contributed by atoms with Gasteiger partial charge in [-0.15, -0.1) is 0 Å². The zero-order chi connectivity index (χ0) is 15.2. The molecule has 1 fully saturated rings. The predicted molar refractivity (Wildman–Crippen MR) is 74.8 cm³/mol. The van der Waals surface area contributed by atoms with Gasteiger partial charge in [0.15, 0.2) is 6.29 Å². The Kier molecular flexibility index (Phi) is 6.23. The molecular weight excluding hydrogens is 336 g/mol. The van der Waals surface area contributed by atoms with E-state index < -0.39 is 5.92 Å². The monoisotopic (exact) mass is 353 g/mol. The first-order chi connectivity index (χ1) is 9.32. The molecule has 0 aliphatic heterocycles. The van der Waals surface area contributed by atoms with E-state index in [-0.39, 0.29) is 42.3 Å². The van der Waals surface area contributed by atoms with E-state index in [4.69, 9.17) is 4.74 Å². The highest BCUT2D eigenvalue weighted by atomic mass is 79.9. The second-order valence-electron chi connectivity index (χ2n) is 5.45. The van der Waals surface area contributed by atoms with E-state index in [0.717, 1.165) is 0 Å². The highest BCUT2D eigenvalue weighted by molar-refractivity contribution is 9.12. The minimum Gasteiger partial charge on any atom is -0.496 e. The Morgan fingerprint density at radius 2 is 1.95 bits per heavy atom. The van der Waals surface area contributed by atoms with Crippen molar-refractivity contribution in [2.24, 2.45) is 10.6 Å². The number of alkyl halides is 2. The molecule has 1 rings (SSSR count). The van der Waals surface area contributed by atoms with E-state index in [1.54, 1.807) is 0 Å². The third-order valence-electron chi connectivity index (χ3n) is 3.58. The SMILES string of the molecule is CC1(COC(CCN=O)=C(Br)C=O)CCC(F)(F)CC1. The Balaban J connectivity index is 2.59. The molecule has 0 unspecified atom stereocenters. The zero-order valence-corrected chi connectivity index (χ0v) is 12.9. The summed E-state index contributed by atoms with van der Waals surface area (Å²) < 4.78 is 32.1. The summed E-state index contributed by atoms with van der Waals surface area (Å²) in [7, 11) is 0. The normalized spacial score (nSPS) is 21.8. The van der Waals surface area contributed by atoms with E-state index in [1.807, 2.05) is 6.92 Å². The topological polar surface area (TPSA) is 55.7 Å². The maximum Gasteiger partial charge on any atom is 0.248 e. The number of rotatable bonds is 7. The molecule has 1 aliphatic carbocycles. The van der Waals surface area contributed by atoms with E-state index in [1.165, 1.54) is 0 Å². The number of hydrogen-bond acceptors (Lipinski definition) is 4. The molecule has 0 radical (unpaired) electrons. The van der Waals surface area contributed by atoms with E-state index in [0.29, 0.717) is 24.9 Å². The summed E-state index contributed by atoms with van der Waals surface area (Å²) in [5.74, 6) is -2.23. The van der Waals surface area contributed by atoms with Gasteiger partial charge in [0.05, 0.1) is 17.6 Å². The molecular formula is C13H18BrF2NO3. The fourth-order valence-electron chi connectivity index (χ4n) is 2.10. The number of carbonyl (C=O) groups excluding carboxylic acids is 1. The lowest BCUT2D eigenvalue weighted by molar-refractivity contribution is -0.104. The minimum atomic E-state index is -2.58. The maximum absolute atomic E-state index is 13.1. The maximum atomic E-state index is 13.1. The molecule has 0 aromatic heterocycles. The molecule has 1 saturated carbocycles. The van der Waals surface area contributed by atoms with Gasteiger partial charge in [-0.3, -0.25) is 4.79 Å². The fourth-order valence-corrected chi connectivity index (χ4v) is 2.41. The molecule has 0 atom stereocenters. The summed E-state index contributed by atoms with van der Waals surface area (Å²) in [6, 6.07) is 0. The zero-order valence-electron chi connectivity index (χ0n) is 11.3. The van der Waals surface area contributed by atoms with Crippen LogP contribution in [-0.2, 0) is 9.53 Å². The molecule has 0 saturated heterocycles. The number of carbonyl (C=O) groups is 1. The summed E-state index contributed by atoms with van der Waals surface area (Å²) in [5, 5.41) is 2.72. The lowest BCUT2D eigenvalue weighted by Gasteiger charge is -2.37. The van der Waals surface area contributed by atoms with Crippen molar-refractivity contribution in [3.8, 4) is 0 Å². The minimum absolute atomic E-state index is 0.00700. The van der Waals surface area contributed by atoms with Gasteiger partial charge in [-0.1, -0.05) is 12.1 Å². The number of nitroso groups, excluding NO2 is 1. The van der Waals surface area contributed by atoms with Crippen LogP contribution < -0.4 is 0 Å². The molecule has 114 valence electrons. The molecule has 0 amide bonds. The molecule has 0 spiro atoms. The highest BCUT2D eigenvalue weighted by Gasteiger charge is 2.41. The van der Waals surface area contributed by atoms with Crippen molar-refractivity contribution >= 4 is 22.2 Å². The first-order valence-electron chi connectivity index (χ1n) is 6.45. The fraction of sp³-hybridized carbons (Fsp3) is 0.769. The number of aldehydes is 1. The summed E-state index contributed by atoms with van der Waals surface area (Å²) >= 11 is 3.06. The van der Waals surface area contributed by atoms with Gasteiger partial charge in [0, 0.05) is 24.7 Å². The van der Waals surface area contributed by atoms with Crippen molar-refractivity contribution in [3.63, 3.8) is 0 Å². The number of halogens is 3. The van der Waals surface area contributed by atoms with Crippen LogP contribution in [0.1, 0.15) is 39.0 Å². The molecule has 0 aromatic rings. The third-order valence-corrected chi connectivity index (χ3v) is 4.21. The van der Waals surface area contributed by atoms with Crippen LogP contribution in [0, 0.1) is 10.3 Å². The molecule has 0 heterocycles. The number of nitrogens with zero attached hydrogens (tertiary/aromatic N) is 1. The number of ether oxygens (including phenoxy) is 1. The number of hydrogen-bond donors (Lipinski definition) is 0.